The largest absolute Gasteiger partial charge is 0.365 e. The number of amides is 1. The molecule has 2 heterocycles. The van der Waals surface area contributed by atoms with E-state index in [2.05, 4.69) is 29.0 Å². The Kier molecular flexibility index (Phi) is 5.56. The van der Waals surface area contributed by atoms with Gasteiger partial charge in [-0.05, 0) is 58.2 Å². The summed E-state index contributed by atoms with van der Waals surface area (Å²) in [6.45, 7) is 5.06. The van der Waals surface area contributed by atoms with Gasteiger partial charge in [-0.25, -0.2) is 4.98 Å². The SMILES string of the molecule is CC1CCCC(C)N1c1ccc(NC(=O)CCCN)nc1. The summed E-state index contributed by atoms with van der Waals surface area (Å²) in [5.74, 6) is 0.582. The number of carbonyl (C=O) groups excluding carboxylic acids is 1. The van der Waals surface area contributed by atoms with Gasteiger partial charge in [0.2, 0.25) is 5.91 Å². The maximum absolute atomic E-state index is 11.6. The topological polar surface area (TPSA) is 71.2 Å². The van der Waals surface area contributed by atoms with Crippen molar-refractivity contribution in [1.82, 2.24) is 4.98 Å². The normalized spacial score (nSPS) is 22.1. The number of aromatic nitrogens is 1. The highest BCUT2D eigenvalue weighted by Crippen LogP contribution is 2.28. The molecular formula is C16H26N4O. The molecule has 116 valence electrons. The Bertz CT molecular complexity index is 450. The van der Waals surface area contributed by atoms with Crippen molar-refractivity contribution in [2.24, 2.45) is 5.73 Å². The molecule has 1 aromatic rings. The number of piperidine rings is 1. The van der Waals surface area contributed by atoms with Gasteiger partial charge in [0.05, 0.1) is 11.9 Å². The minimum absolute atomic E-state index is 0.0274. The molecule has 2 rings (SSSR count). The number of pyridine rings is 1. The highest BCUT2D eigenvalue weighted by atomic mass is 16.1. The number of nitrogens with zero attached hydrogens (tertiary/aromatic N) is 2. The van der Waals surface area contributed by atoms with Crippen molar-refractivity contribution in [3.05, 3.63) is 18.3 Å². The zero-order valence-corrected chi connectivity index (χ0v) is 13.0. The maximum atomic E-state index is 11.6. The fourth-order valence-electron chi connectivity index (χ4n) is 3.01. The molecule has 3 N–H and O–H groups in total. The first-order valence-corrected chi connectivity index (χ1v) is 7.86. The van der Waals surface area contributed by atoms with Crippen LogP contribution in [0.15, 0.2) is 18.3 Å². The molecule has 0 aromatic carbocycles. The van der Waals surface area contributed by atoms with Crippen LogP contribution < -0.4 is 16.0 Å². The van der Waals surface area contributed by atoms with E-state index in [1.807, 2.05) is 18.3 Å². The summed E-state index contributed by atoms with van der Waals surface area (Å²) in [7, 11) is 0. The van der Waals surface area contributed by atoms with E-state index >= 15 is 0 Å². The molecule has 0 bridgehead atoms. The molecule has 1 fully saturated rings. The zero-order chi connectivity index (χ0) is 15.2. The molecule has 1 aromatic heterocycles. The number of carbonyl (C=O) groups is 1. The summed E-state index contributed by atoms with van der Waals surface area (Å²) in [5, 5.41) is 2.81. The lowest BCUT2D eigenvalue weighted by Crippen LogP contribution is -2.43. The lowest BCUT2D eigenvalue weighted by Gasteiger charge is -2.40. The average Bonchev–Trinajstić information content (AvgIpc) is 2.46. The van der Waals surface area contributed by atoms with Gasteiger partial charge in [-0.15, -0.1) is 0 Å². The van der Waals surface area contributed by atoms with Crippen LogP contribution in [0.1, 0.15) is 46.0 Å². The number of hydrogen-bond donors (Lipinski definition) is 2. The van der Waals surface area contributed by atoms with Gasteiger partial charge >= 0.3 is 0 Å². The third-order valence-corrected chi connectivity index (χ3v) is 4.11. The minimum atomic E-state index is -0.0274. The first-order chi connectivity index (χ1) is 10.1. The van der Waals surface area contributed by atoms with Crippen LogP contribution in [0.5, 0.6) is 0 Å². The van der Waals surface area contributed by atoms with Crippen molar-refractivity contribution in [3.63, 3.8) is 0 Å². The first kappa shape index (κ1) is 15.8. The molecule has 2 unspecified atom stereocenters. The van der Waals surface area contributed by atoms with Gasteiger partial charge in [0.25, 0.3) is 0 Å². The van der Waals surface area contributed by atoms with Gasteiger partial charge in [-0.3, -0.25) is 4.79 Å². The van der Waals surface area contributed by atoms with Gasteiger partial charge in [0.1, 0.15) is 5.82 Å². The molecule has 0 aliphatic carbocycles. The van der Waals surface area contributed by atoms with Crippen molar-refractivity contribution in [1.29, 1.82) is 0 Å². The molecule has 21 heavy (non-hydrogen) atoms. The van der Waals surface area contributed by atoms with Gasteiger partial charge in [-0.1, -0.05) is 0 Å². The Hall–Kier alpha value is -1.62. The Morgan fingerprint density at radius 2 is 2.10 bits per heavy atom. The van der Waals surface area contributed by atoms with E-state index in [0.29, 0.717) is 37.3 Å². The Balaban J connectivity index is 1.99. The lowest BCUT2D eigenvalue weighted by molar-refractivity contribution is -0.116. The molecule has 5 heteroatoms. The molecule has 0 radical (unpaired) electrons. The average molecular weight is 290 g/mol. The Labute approximate surface area is 126 Å². The van der Waals surface area contributed by atoms with Gasteiger partial charge in [-0.2, -0.15) is 0 Å². The highest BCUT2D eigenvalue weighted by Gasteiger charge is 2.24. The van der Waals surface area contributed by atoms with Gasteiger partial charge in [0.15, 0.2) is 0 Å². The van der Waals surface area contributed by atoms with E-state index in [4.69, 9.17) is 5.73 Å². The van der Waals surface area contributed by atoms with E-state index in [1.54, 1.807) is 0 Å². The second-order valence-electron chi connectivity index (χ2n) is 5.88. The van der Waals surface area contributed by atoms with E-state index in [1.165, 1.54) is 19.3 Å². The van der Waals surface area contributed by atoms with E-state index in [9.17, 15) is 4.79 Å². The highest BCUT2D eigenvalue weighted by molar-refractivity contribution is 5.89. The van der Waals surface area contributed by atoms with E-state index in [-0.39, 0.29) is 5.91 Å². The molecule has 0 saturated carbocycles. The molecule has 0 spiro atoms. The van der Waals surface area contributed by atoms with Gasteiger partial charge in [0, 0.05) is 18.5 Å². The third-order valence-electron chi connectivity index (χ3n) is 4.11. The standard InChI is InChI=1S/C16H26N4O/c1-12-5-3-6-13(2)20(12)14-8-9-15(18-11-14)19-16(21)7-4-10-17/h8-9,11-13H,3-7,10,17H2,1-2H3,(H,18,19,21). The number of anilines is 2. The predicted molar refractivity (Wildman–Crippen MR) is 86.4 cm³/mol. The minimum Gasteiger partial charge on any atom is -0.365 e. The smallest absolute Gasteiger partial charge is 0.225 e. The van der Waals surface area contributed by atoms with Crippen LogP contribution in [-0.4, -0.2) is 29.5 Å². The number of hydrogen-bond acceptors (Lipinski definition) is 4. The monoisotopic (exact) mass is 290 g/mol. The molecule has 1 aliphatic heterocycles. The van der Waals surface area contributed by atoms with Crippen molar-refractivity contribution >= 4 is 17.4 Å². The maximum Gasteiger partial charge on any atom is 0.225 e. The van der Waals surface area contributed by atoms with Crippen molar-refractivity contribution < 1.29 is 4.79 Å². The van der Waals surface area contributed by atoms with Crippen LogP contribution in [0.4, 0.5) is 11.5 Å². The number of nitrogens with one attached hydrogen (secondary N) is 1. The molecule has 5 nitrogen and oxygen atoms in total. The number of rotatable bonds is 5. The van der Waals surface area contributed by atoms with Gasteiger partial charge < -0.3 is 16.0 Å². The fraction of sp³-hybridized carbons (Fsp3) is 0.625. The summed E-state index contributed by atoms with van der Waals surface area (Å²) < 4.78 is 0. The summed E-state index contributed by atoms with van der Waals surface area (Å²) in [6, 6.07) is 5.01. The summed E-state index contributed by atoms with van der Waals surface area (Å²) in [6.07, 6.45) is 6.75. The second kappa shape index (κ2) is 7.41. The molecule has 2 atom stereocenters. The second-order valence-corrected chi connectivity index (χ2v) is 5.88. The molecule has 1 amide bonds. The fourth-order valence-corrected chi connectivity index (χ4v) is 3.01. The molecule has 1 aliphatic rings. The van der Waals surface area contributed by atoms with Crippen LogP contribution in [0.25, 0.3) is 0 Å². The van der Waals surface area contributed by atoms with Crippen molar-refractivity contribution in [2.75, 3.05) is 16.8 Å². The van der Waals surface area contributed by atoms with Crippen LogP contribution in [0.2, 0.25) is 0 Å². The lowest BCUT2D eigenvalue weighted by atomic mass is 9.97. The molecular weight excluding hydrogens is 264 g/mol. The number of nitrogens with two attached hydrogens (primary N) is 1. The summed E-state index contributed by atoms with van der Waals surface area (Å²) in [5.41, 5.74) is 6.53. The predicted octanol–water partition coefficient (Wildman–Crippen LogP) is 2.53. The van der Waals surface area contributed by atoms with Crippen molar-refractivity contribution in [2.45, 2.75) is 58.0 Å². The quantitative estimate of drug-likeness (QED) is 0.874. The van der Waals surface area contributed by atoms with E-state index in [0.717, 1.165) is 5.69 Å². The Morgan fingerprint density at radius 1 is 1.38 bits per heavy atom. The summed E-state index contributed by atoms with van der Waals surface area (Å²) >= 11 is 0. The van der Waals surface area contributed by atoms with E-state index < -0.39 is 0 Å². The molecule has 1 saturated heterocycles. The van der Waals surface area contributed by atoms with Crippen LogP contribution in [-0.2, 0) is 4.79 Å². The van der Waals surface area contributed by atoms with Crippen LogP contribution in [0.3, 0.4) is 0 Å². The third kappa shape index (κ3) is 4.17. The van der Waals surface area contributed by atoms with Crippen LogP contribution in [0, 0.1) is 0 Å². The van der Waals surface area contributed by atoms with Crippen LogP contribution >= 0.6 is 0 Å². The van der Waals surface area contributed by atoms with Crippen molar-refractivity contribution in [3.8, 4) is 0 Å². The zero-order valence-electron chi connectivity index (χ0n) is 13.0. The first-order valence-electron chi connectivity index (χ1n) is 7.86. The summed E-state index contributed by atoms with van der Waals surface area (Å²) in [4.78, 5) is 18.4. The Morgan fingerprint density at radius 3 is 2.67 bits per heavy atom.